The second-order valence-electron chi connectivity index (χ2n) is 5.32. The largest absolute Gasteiger partial charge is 0.308 e. The predicted octanol–water partition coefficient (Wildman–Crippen LogP) is 2.00. The first-order valence-corrected chi connectivity index (χ1v) is 6.51. The van der Waals surface area contributed by atoms with E-state index in [2.05, 4.69) is 42.3 Å². The Kier molecular flexibility index (Phi) is 4.13. The number of aryl methyl sites for hydroxylation is 1. The molecule has 17 heavy (non-hydrogen) atoms. The molecule has 1 N–H and O–H groups in total. The third-order valence-corrected chi connectivity index (χ3v) is 3.32. The number of hydrogen-bond acceptors (Lipinski definition) is 3. The molecular formula is C14H23N3. The Labute approximate surface area is 104 Å². The van der Waals surface area contributed by atoms with Crippen molar-refractivity contribution < 1.29 is 0 Å². The van der Waals surface area contributed by atoms with Crippen LogP contribution < -0.4 is 5.32 Å². The zero-order chi connectivity index (χ0) is 12.3. The minimum Gasteiger partial charge on any atom is -0.308 e. The van der Waals surface area contributed by atoms with Crippen molar-refractivity contribution in [2.45, 2.75) is 38.3 Å². The Morgan fingerprint density at radius 3 is 3.12 bits per heavy atom. The fourth-order valence-electron chi connectivity index (χ4n) is 2.72. The Bertz CT molecular complexity index is 362. The molecule has 0 bridgehead atoms. The molecule has 0 saturated carbocycles. The fourth-order valence-corrected chi connectivity index (χ4v) is 2.72. The summed E-state index contributed by atoms with van der Waals surface area (Å²) in [5.41, 5.74) is 2.69. The van der Waals surface area contributed by atoms with Crippen LogP contribution in [0.25, 0.3) is 0 Å². The van der Waals surface area contributed by atoms with Gasteiger partial charge in [0.1, 0.15) is 0 Å². The van der Waals surface area contributed by atoms with Gasteiger partial charge in [0.2, 0.25) is 0 Å². The van der Waals surface area contributed by atoms with Crippen molar-refractivity contribution in [2.24, 2.45) is 0 Å². The summed E-state index contributed by atoms with van der Waals surface area (Å²) < 4.78 is 0. The Morgan fingerprint density at radius 1 is 1.53 bits per heavy atom. The van der Waals surface area contributed by atoms with E-state index in [9.17, 15) is 0 Å². The molecule has 0 aliphatic heterocycles. The summed E-state index contributed by atoms with van der Waals surface area (Å²) in [4.78, 5) is 6.78. The second-order valence-corrected chi connectivity index (χ2v) is 5.32. The highest BCUT2D eigenvalue weighted by Crippen LogP contribution is 2.27. The Morgan fingerprint density at radius 2 is 2.35 bits per heavy atom. The third-order valence-electron chi connectivity index (χ3n) is 3.32. The van der Waals surface area contributed by atoms with Crippen LogP contribution in [0.4, 0.5) is 0 Å². The van der Waals surface area contributed by atoms with E-state index in [1.54, 1.807) is 0 Å². The van der Waals surface area contributed by atoms with Gasteiger partial charge in [0, 0.05) is 18.8 Å². The molecule has 0 aromatic carbocycles. The van der Waals surface area contributed by atoms with E-state index in [0.29, 0.717) is 12.1 Å². The molecule has 1 aliphatic rings. The average Bonchev–Trinajstić information content (AvgIpc) is 2.28. The van der Waals surface area contributed by atoms with Gasteiger partial charge in [-0.3, -0.25) is 4.98 Å². The first-order valence-electron chi connectivity index (χ1n) is 6.51. The van der Waals surface area contributed by atoms with Crippen LogP contribution in [0.15, 0.2) is 18.3 Å². The van der Waals surface area contributed by atoms with E-state index in [0.717, 1.165) is 6.54 Å². The standard InChI is InChI=1S/C14H23N3/c1-11(10-17(2)3)16-13-8-4-6-12-7-5-9-15-14(12)13/h5,7,9,11,13,16H,4,6,8,10H2,1-3H3. The minimum atomic E-state index is 0.440. The molecule has 2 rings (SSSR count). The first kappa shape index (κ1) is 12.5. The molecule has 0 amide bonds. The zero-order valence-electron chi connectivity index (χ0n) is 11.1. The van der Waals surface area contributed by atoms with Crippen molar-refractivity contribution in [1.82, 2.24) is 15.2 Å². The van der Waals surface area contributed by atoms with Gasteiger partial charge < -0.3 is 10.2 Å². The molecule has 1 aromatic heterocycles. The maximum atomic E-state index is 4.56. The van der Waals surface area contributed by atoms with Gasteiger partial charge in [0.15, 0.2) is 0 Å². The molecule has 0 fully saturated rings. The summed E-state index contributed by atoms with van der Waals surface area (Å²) in [6.07, 6.45) is 5.58. The first-order chi connectivity index (χ1) is 8.16. The molecule has 0 saturated heterocycles. The van der Waals surface area contributed by atoms with Crippen LogP contribution in [0.3, 0.4) is 0 Å². The van der Waals surface area contributed by atoms with E-state index >= 15 is 0 Å². The monoisotopic (exact) mass is 233 g/mol. The number of likely N-dealkylation sites (N-methyl/N-ethyl adjacent to an activating group) is 1. The summed E-state index contributed by atoms with van der Waals surface area (Å²) >= 11 is 0. The zero-order valence-corrected chi connectivity index (χ0v) is 11.1. The highest BCUT2D eigenvalue weighted by molar-refractivity contribution is 5.25. The lowest BCUT2D eigenvalue weighted by molar-refractivity contribution is 0.315. The summed E-state index contributed by atoms with van der Waals surface area (Å²) in [6, 6.07) is 5.20. The van der Waals surface area contributed by atoms with Gasteiger partial charge >= 0.3 is 0 Å². The highest BCUT2D eigenvalue weighted by atomic mass is 15.1. The molecule has 1 heterocycles. The number of nitrogens with zero attached hydrogens (tertiary/aromatic N) is 2. The van der Waals surface area contributed by atoms with Gasteiger partial charge in [-0.05, 0) is 51.9 Å². The maximum Gasteiger partial charge on any atom is 0.0605 e. The van der Waals surface area contributed by atoms with Crippen molar-refractivity contribution >= 4 is 0 Å². The number of aromatic nitrogens is 1. The van der Waals surface area contributed by atoms with E-state index in [1.807, 2.05) is 12.3 Å². The smallest absolute Gasteiger partial charge is 0.0605 e. The summed E-state index contributed by atoms with van der Waals surface area (Å²) in [7, 11) is 4.23. The number of hydrogen-bond donors (Lipinski definition) is 1. The van der Waals surface area contributed by atoms with Gasteiger partial charge in [0.05, 0.1) is 11.7 Å². The van der Waals surface area contributed by atoms with E-state index in [-0.39, 0.29) is 0 Å². The van der Waals surface area contributed by atoms with Crippen LogP contribution in [0.1, 0.15) is 37.1 Å². The summed E-state index contributed by atoms with van der Waals surface area (Å²) in [5.74, 6) is 0. The van der Waals surface area contributed by atoms with E-state index in [1.165, 1.54) is 30.5 Å². The molecule has 1 aromatic rings. The number of rotatable bonds is 4. The van der Waals surface area contributed by atoms with Gasteiger partial charge in [0.25, 0.3) is 0 Å². The molecule has 0 radical (unpaired) electrons. The van der Waals surface area contributed by atoms with Crippen LogP contribution in [0, 0.1) is 0 Å². The van der Waals surface area contributed by atoms with Gasteiger partial charge in [-0.2, -0.15) is 0 Å². The van der Waals surface area contributed by atoms with Crippen LogP contribution in [-0.4, -0.2) is 36.6 Å². The minimum absolute atomic E-state index is 0.440. The second kappa shape index (κ2) is 5.61. The van der Waals surface area contributed by atoms with Gasteiger partial charge in [-0.15, -0.1) is 0 Å². The third kappa shape index (κ3) is 3.27. The molecule has 2 atom stereocenters. The Balaban J connectivity index is 2.03. The number of pyridine rings is 1. The maximum absolute atomic E-state index is 4.56. The lowest BCUT2D eigenvalue weighted by Gasteiger charge is -2.29. The number of nitrogens with one attached hydrogen (secondary N) is 1. The van der Waals surface area contributed by atoms with Crippen molar-refractivity contribution in [3.8, 4) is 0 Å². The van der Waals surface area contributed by atoms with Crippen molar-refractivity contribution in [1.29, 1.82) is 0 Å². The van der Waals surface area contributed by atoms with Crippen LogP contribution >= 0.6 is 0 Å². The Hall–Kier alpha value is -0.930. The van der Waals surface area contributed by atoms with Crippen LogP contribution in [0.5, 0.6) is 0 Å². The number of fused-ring (bicyclic) bond motifs is 1. The lowest BCUT2D eigenvalue weighted by atomic mass is 9.91. The topological polar surface area (TPSA) is 28.2 Å². The lowest BCUT2D eigenvalue weighted by Crippen LogP contribution is -2.39. The van der Waals surface area contributed by atoms with Crippen molar-refractivity contribution in [2.75, 3.05) is 20.6 Å². The van der Waals surface area contributed by atoms with E-state index < -0.39 is 0 Å². The molecule has 0 spiro atoms. The van der Waals surface area contributed by atoms with E-state index in [4.69, 9.17) is 0 Å². The quantitative estimate of drug-likeness (QED) is 0.862. The summed E-state index contributed by atoms with van der Waals surface area (Å²) in [6.45, 7) is 3.32. The van der Waals surface area contributed by atoms with Gasteiger partial charge in [-0.1, -0.05) is 6.07 Å². The SMILES string of the molecule is CC(CN(C)C)NC1CCCc2cccnc21. The van der Waals surface area contributed by atoms with Gasteiger partial charge in [-0.25, -0.2) is 0 Å². The molecular weight excluding hydrogens is 210 g/mol. The van der Waals surface area contributed by atoms with Crippen LogP contribution in [-0.2, 0) is 6.42 Å². The normalized spacial score (nSPS) is 21.3. The predicted molar refractivity (Wildman–Crippen MR) is 71.1 cm³/mol. The molecule has 94 valence electrons. The van der Waals surface area contributed by atoms with Crippen molar-refractivity contribution in [3.63, 3.8) is 0 Å². The van der Waals surface area contributed by atoms with Crippen LogP contribution in [0.2, 0.25) is 0 Å². The fraction of sp³-hybridized carbons (Fsp3) is 0.643. The average molecular weight is 233 g/mol. The summed E-state index contributed by atoms with van der Waals surface area (Å²) in [5, 5.41) is 3.70. The molecule has 3 nitrogen and oxygen atoms in total. The highest BCUT2D eigenvalue weighted by Gasteiger charge is 2.22. The molecule has 3 heteroatoms. The molecule has 2 unspecified atom stereocenters. The van der Waals surface area contributed by atoms with Crippen molar-refractivity contribution in [3.05, 3.63) is 29.6 Å². The molecule has 1 aliphatic carbocycles.